The Balaban J connectivity index is 2.70. The van der Waals surface area contributed by atoms with Gasteiger partial charge in [-0.2, -0.15) is 0 Å². The monoisotopic (exact) mass is 358 g/mol. The van der Waals surface area contributed by atoms with Crippen molar-refractivity contribution >= 4 is 17.8 Å². The number of hydrogen-bond donors (Lipinski definition) is 3. The smallest absolute Gasteiger partial charge is 0.330 e. The lowest BCUT2D eigenvalue weighted by molar-refractivity contribution is -0.151. The summed E-state index contributed by atoms with van der Waals surface area (Å²) in [6, 6.07) is -2.24. The van der Waals surface area contributed by atoms with Crippen molar-refractivity contribution in [1.29, 1.82) is 0 Å². The Hall–Kier alpha value is -1.67. The van der Waals surface area contributed by atoms with E-state index in [1.54, 1.807) is 0 Å². The van der Waals surface area contributed by atoms with E-state index in [4.69, 9.17) is 20.3 Å². The number of carboxylic acid groups (broad SMARTS) is 1. The average Bonchev–Trinajstić information content (AvgIpc) is 2.58. The van der Waals surface area contributed by atoms with Gasteiger partial charge in [-0.15, -0.1) is 0 Å². The zero-order chi connectivity index (χ0) is 18.9. The van der Waals surface area contributed by atoms with Crippen LogP contribution < -0.4 is 11.1 Å². The van der Waals surface area contributed by atoms with E-state index >= 15 is 0 Å². The molecule has 1 rings (SSSR count). The van der Waals surface area contributed by atoms with Crippen LogP contribution >= 0.6 is 0 Å². The van der Waals surface area contributed by atoms with Crippen LogP contribution in [-0.4, -0.2) is 54.4 Å². The molecule has 0 aliphatic heterocycles. The molecule has 8 heteroatoms. The molecular weight excluding hydrogens is 328 g/mol. The van der Waals surface area contributed by atoms with Gasteiger partial charge in [-0.1, -0.05) is 32.6 Å². The van der Waals surface area contributed by atoms with Gasteiger partial charge in [0.15, 0.2) is 6.04 Å². The van der Waals surface area contributed by atoms with E-state index in [1.165, 1.54) is 13.5 Å². The van der Waals surface area contributed by atoms with Crippen LogP contribution in [-0.2, 0) is 23.9 Å². The Morgan fingerprint density at radius 1 is 1.24 bits per heavy atom. The first-order valence-corrected chi connectivity index (χ1v) is 8.83. The highest BCUT2D eigenvalue weighted by molar-refractivity contribution is 5.89. The van der Waals surface area contributed by atoms with Gasteiger partial charge < -0.3 is 25.6 Å². The second kappa shape index (κ2) is 10.4. The Labute approximate surface area is 148 Å². The highest BCUT2D eigenvalue weighted by Gasteiger charge is 2.34. The number of carboxylic acids is 1. The van der Waals surface area contributed by atoms with Gasteiger partial charge in [0.25, 0.3) is 0 Å². The molecule has 8 nitrogen and oxygen atoms in total. The van der Waals surface area contributed by atoms with Gasteiger partial charge in [-0.05, 0) is 19.3 Å². The normalized spacial score (nSPS) is 18.8. The lowest BCUT2D eigenvalue weighted by atomic mass is 9.81. The topological polar surface area (TPSA) is 128 Å². The molecule has 25 heavy (non-hydrogen) atoms. The molecule has 0 bridgehead atoms. The van der Waals surface area contributed by atoms with E-state index in [0.717, 1.165) is 38.5 Å². The van der Waals surface area contributed by atoms with Crippen molar-refractivity contribution in [1.82, 2.24) is 5.32 Å². The third-order valence-corrected chi connectivity index (χ3v) is 4.56. The second-order valence-corrected chi connectivity index (χ2v) is 6.59. The van der Waals surface area contributed by atoms with E-state index in [9.17, 15) is 14.4 Å². The molecule has 0 spiro atoms. The molecule has 1 saturated carbocycles. The molecule has 0 heterocycles. The van der Waals surface area contributed by atoms with Crippen molar-refractivity contribution in [2.45, 2.75) is 76.0 Å². The van der Waals surface area contributed by atoms with E-state index in [-0.39, 0.29) is 12.2 Å². The van der Waals surface area contributed by atoms with Crippen LogP contribution in [0.25, 0.3) is 0 Å². The van der Waals surface area contributed by atoms with E-state index in [0.29, 0.717) is 0 Å². The zero-order valence-electron chi connectivity index (χ0n) is 15.1. The quantitative estimate of drug-likeness (QED) is 0.496. The number of methoxy groups -OCH3 is 1. The minimum atomic E-state index is -1.23. The molecule has 1 aliphatic carbocycles. The molecule has 0 saturated heterocycles. The Morgan fingerprint density at radius 3 is 2.40 bits per heavy atom. The van der Waals surface area contributed by atoms with Gasteiger partial charge in [-0.3, -0.25) is 9.59 Å². The van der Waals surface area contributed by atoms with Crippen LogP contribution in [0.1, 0.15) is 58.3 Å². The molecule has 4 N–H and O–H groups in total. The average molecular weight is 358 g/mol. The molecule has 144 valence electrons. The molecule has 0 unspecified atom stereocenters. The van der Waals surface area contributed by atoms with Gasteiger partial charge in [0.1, 0.15) is 0 Å². The molecule has 2 atom stereocenters. The summed E-state index contributed by atoms with van der Waals surface area (Å²) >= 11 is 0. The highest BCUT2D eigenvalue weighted by Crippen LogP contribution is 2.35. The van der Waals surface area contributed by atoms with Gasteiger partial charge in [-0.25, -0.2) is 4.79 Å². The molecular formula is C17H30N2O6. The Bertz CT molecular complexity index is 457. The minimum absolute atomic E-state index is 0.0157. The van der Waals surface area contributed by atoms with E-state index < -0.39 is 36.4 Å². The number of hydrogen-bond acceptors (Lipinski definition) is 6. The summed E-state index contributed by atoms with van der Waals surface area (Å²) in [6.07, 6.45) is 6.56. The third-order valence-electron chi connectivity index (χ3n) is 4.56. The predicted molar refractivity (Wildman–Crippen MR) is 90.9 cm³/mol. The number of rotatable bonds is 10. The molecule has 0 radical (unpaired) electrons. The van der Waals surface area contributed by atoms with Crippen LogP contribution in [0, 0.1) is 0 Å². The SMILES string of the molecule is CCCC1(OC[C@H](NC(=O)[C@@H](N)CC(=O)O)C(=O)OC)CCCCC1. The van der Waals surface area contributed by atoms with Crippen molar-refractivity contribution in [2.75, 3.05) is 13.7 Å². The largest absolute Gasteiger partial charge is 0.481 e. The first kappa shape index (κ1) is 21.4. The first-order chi connectivity index (χ1) is 11.8. The van der Waals surface area contributed by atoms with Gasteiger partial charge in [0.2, 0.25) is 5.91 Å². The number of ether oxygens (including phenoxy) is 2. The van der Waals surface area contributed by atoms with Crippen LogP contribution in [0.15, 0.2) is 0 Å². The third kappa shape index (κ3) is 6.99. The van der Waals surface area contributed by atoms with Crippen molar-refractivity contribution in [3.8, 4) is 0 Å². The van der Waals surface area contributed by atoms with Gasteiger partial charge in [0.05, 0.1) is 31.8 Å². The van der Waals surface area contributed by atoms with Gasteiger partial charge >= 0.3 is 11.9 Å². The summed E-state index contributed by atoms with van der Waals surface area (Å²) in [6.45, 7) is 2.07. The number of esters is 1. The summed E-state index contributed by atoms with van der Waals surface area (Å²) in [5.74, 6) is -2.54. The summed E-state index contributed by atoms with van der Waals surface area (Å²) in [4.78, 5) is 34.6. The van der Waals surface area contributed by atoms with E-state index in [1.807, 2.05) is 0 Å². The fourth-order valence-corrected chi connectivity index (χ4v) is 3.25. The molecule has 1 fully saturated rings. The number of carbonyl (C=O) groups is 3. The van der Waals surface area contributed by atoms with Gasteiger partial charge in [0, 0.05) is 0 Å². The minimum Gasteiger partial charge on any atom is -0.481 e. The maximum atomic E-state index is 12.0. The Kier molecular flexibility index (Phi) is 8.85. The molecule has 0 aromatic heterocycles. The van der Waals surface area contributed by atoms with Crippen molar-refractivity contribution in [3.63, 3.8) is 0 Å². The molecule has 1 amide bonds. The fourth-order valence-electron chi connectivity index (χ4n) is 3.25. The van der Waals surface area contributed by atoms with Crippen molar-refractivity contribution < 1.29 is 29.0 Å². The second-order valence-electron chi connectivity index (χ2n) is 6.59. The maximum Gasteiger partial charge on any atom is 0.330 e. The van der Waals surface area contributed by atoms with E-state index in [2.05, 4.69) is 12.2 Å². The lowest BCUT2D eigenvalue weighted by Crippen LogP contribution is -2.52. The van der Waals surface area contributed by atoms with Crippen LogP contribution in [0.2, 0.25) is 0 Å². The zero-order valence-corrected chi connectivity index (χ0v) is 15.1. The first-order valence-electron chi connectivity index (χ1n) is 8.83. The molecule has 0 aromatic carbocycles. The number of nitrogens with one attached hydrogen (secondary N) is 1. The standard InChI is InChI=1S/C17H30N2O6/c1-3-7-17(8-5-4-6-9-17)25-11-13(16(23)24-2)19-15(22)12(18)10-14(20)21/h12-13H,3-11,18H2,1-2H3,(H,19,22)(H,20,21)/t12-,13-/m0/s1. The van der Waals surface area contributed by atoms with Crippen LogP contribution in [0.4, 0.5) is 0 Å². The van der Waals surface area contributed by atoms with Crippen molar-refractivity contribution in [3.05, 3.63) is 0 Å². The maximum absolute atomic E-state index is 12.0. The fraction of sp³-hybridized carbons (Fsp3) is 0.824. The number of aliphatic carboxylic acids is 1. The lowest BCUT2D eigenvalue weighted by Gasteiger charge is -2.38. The van der Waals surface area contributed by atoms with Crippen molar-refractivity contribution in [2.24, 2.45) is 5.73 Å². The molecule has 0 aromatic rings. The Morgan fingerprint density at radius 2 is 1.88 bits per heavy atom. The predicted octanol–water partition coefficient (Wildman–Crippen LogP) is 0.966. The number of amides is 1. The number of nitrogens with two attached hydrogens (primary N) is 1. The summed E-state index contributed by atoms with van der Waals surface area (Å²) in [7, 11) is 1.22. The molecule has 1 aliphatic rings. The van der Waals surface area contributed by atoms with Crippen LogP contribution in [0.5, 0.6) is 0 Å². The van der Waals surface area contributed by atoms with Crippen LogP contribution in [0.3, 0.4) is 0 Å². The summed E-state index contributed by atoms with van der Waals surface area (Å²) in [5.41, 5.74) is 5.26. The summed E-state index contributed by atoms with van der Waals surface area (Å²) < 4.78 is 10.8. The summed E-state index contributed by atoms with van der Waals surface area (Å²) in [5, 5.41) is 11.2. The number of carbonyl (C=O) groups excluding carboxylic acids is 2. The highest BCUT2D eigenvalue weighted by atomic mass is 16.5.